The molecule has 1 aromatic heterocycles. The number of ketones is 1. The lowest BCUT2D eigenvalue weighted by molar-refractivity contribution is 0.104. The van der Waals surface area contributed by atoms with E-state index in [0.29, 0.717) is 0 Å². The lowest BCUT2D eigenvalue weighted by Crippen LogP contribution is -2.13. The minimum atomic E-state index is 0.0924. The van der Waals surface area contributed by atoms with Crippen LogP contribution in [0.5, 0.6) is 0 Å². The van der Waals surface area contributed by atoms with E-state index >= 15 is 0 Å². The Labute approximate surface area is 265 Å². The number of fused-ring (bicyclic) bond motifs is 3. The van der Waals surface area contributed by atoms with Crippen LogP contribution in [0, 0.1) is 0 Å². The fraction of sp³-hybridized carbons (Fsp3) is 0. The normalized spacial score (nSPS) is 12.4. The number of anilines is 3. The van der Waals surface area contributed by atoms with Gasteiger partial charge in [0.2, 0.25) is 0 Å². The molecule has 0 radical (unpaired) electrons. The molecule has 3 heteroatoms. The van der Waals surface area contributed by atoms with Crippen LogP contribution in [0.25, 0.3) is 59.8 Å². The summed E-state index contributed by atoms with van der Waals surface area (Å²) in [6.45, 7) is 0. The molecule has 0 atom stereocenters. The number of benzene rings is 8. The lowest BCUT2D eigenvalue weighted by Gasteiger charge is -2.29. The highest BCUT2D eigenvalue weighted by molar-refractivity contribution is 6.38. The van der Waals surface area contributed by atoms with Crippen molar-refractivity contribution >= 4 is 77.0 Å². The molecule has 0 N–H and O–H groups in total. The topological polar surface area (TPSA) is 25.2 Å². The van der Waals surface area contributed by atoms with E-state index in [9.17, 15) is 4.79 Å². The van der Waals surface area contributed by atoms with Crippen LogP contribution in [-0.4, -0.2) is 10.4 Å². The van der Waals surface area contributed by atoms with Crippen molar-refractivity contribution in [1.82, 2.24) is 4.57 Å². The van der Waals surface area contributed by atoms with Gasteiger partial charge in [-0.3, -0.25) is 4.79 Å². The summed E-state index contributed by atoms with van der Waals surface area (Å²) in [5, 5.41) is 8.95. The largest absolute Gasteiger partial charge is 0.310 e. The summed E-state index contributed by atoms with van der Waals surface area (Å²) in [4.78, 5) is 16.3. The third-order valence-electron chi connectivity index (χ3n) is 9.63. The van der Waals surface area contributed by atoms with Gasteiger partial charge in [0.25, 0.3) is 0 Å². The van der Waals surface area contributed by atoms with Crippen molar-refractivity contribution in [3.05, 3.63) is 169 Å². The molecule has 0 saturated heterocycles. The second kappa shape index (κ2) is 9.40. The molecule has 0 aliphatic heterocycles. The van der Waals surface area contributed by atoms with E-state index in [2.05, 4.69) is 143 Å². The van der Waals surface area contributed by atoms with Crippen molar-refractivity contribution in [2.24, 2.45) is 0 Å². The van der Waals surface area contributed by atoms with Crippen LogP contribution >= 0.6 is 0 Å². The molecular formula is C43H26N2O. The van der Waals surface area contributed by atoms with Crippen molar-refractivity contribution in [2.75, 3.05) is 4.90 Å². The molecule has 8 aromatic carbocycles. The fourth-order valence-electron chi connectivity index (χ4n) is 7.71. The molecule has 9 aromatic rings. The maximum atomic E-state index is 14.0. The Morgan fingerprint density at radius 2 is 1.11 bits per heavy atom. The molecule has 1 heterocycles. The number of aromatic nitrogens is 1. The lowest BCUT2D eigenvalue weighted by atomic mass is 9.83. The summed E-state index contributed by atoms with van der Waals surface area (Å²) in [6, 6.07) is 55.4. The van der Waals surface area contributed by atoms with Crippen LogP contribution in [-0.2, 0) is 0 Å². The molecule has 0 saturated carbocycles. The summed E-state index contributed by atoms with van der Waals surface area (Å²) in [7, 11) is 0. The first-order valence-electron chi connectivity index (χ1n) is 15.7. The van der Waals surface area contributed by atoms with Crippen LogP contribution < -0.4 is 4.90 Å². The van der Waals surface area contributed by atoms with Crippen LogP contribution in [0.1, 0.15) is 15.9 Å². The number of rotatable bonds is 4. The summed E-state index contributed by atoms with van der Waals surface area (Å²) in [5.41, 5.74) is 8.20. The Bertz CT molecular complexity index is 2710. The second-order valence-corrected chi connectivity index (χ2v) is 12.1. The van der Waals surface area contributed by atoms with E-state index in [1.165, 1.54) is 16.3 Å². The average Bonchev–Trinajstić information content (AvgIpc) is 3.45. The molecular weight excluding hydrogens is 560 g/mol. The fourth-order valence-corrected chi connectivity index (χ4v) is 7.71. The van der Waals surface area contributed by atoms with Gasteiger partial charge in [-0.2, -0.15) is 0 Å². The summed E-state index contributed by atoms with van der Waals surface area (Å²) in [6.07, 6.45) is 0. The molecule has 1 aliphatic rings. The zero-order chi connectivity index (χ0) is 30.4. The van der Waals surface area contributed by atoms with Gasteiger partial charge in [-0.05, 0) is 70.8 Å². The number of hydrogen-bond acceptors (Lipinski definition) is 2. The highest BCUT2D eigenvalue weighted by Gasteiger charge is 2.27. The van der Waals surface area contributed by atoms with E-state index in [0.717, 1.165) is 71.7 Å². The van der Waals surface area contributed by atoms with Crippen LogP contribution in [0.3, 0.4) is 0 Å². The van der Waals surface area contributed by atoms with Crippen molar-refractivity contribution in [3.8, 4) is 5.69 Å². The summed E-state index contributed by atoms with van der Waals surface area (Å²) in [5.74, 6) is 0.0924. The molecule has 0 amide bonds. The maximum Gasteiger partial charge on any atom is 0.194 e. The molecule has 0 fully saturated rings. The number of nitrogens with zero attached hydrogens (tertiary/aromatic N) is 2. The molecule has 0 unspecified atom stereocenters. The van der Waals surface area contributed by atoms with Crippen molar-refractivity contribution in [2.45, 2.75) is 0 Å². The first-order chi connectivity index (χ1) is 22.8. The molecule has 214 valence electrons. The van der Waals surface area contributed by atoms with Gasteiger partial charge in [0.1, 0.15) is 0 Å². The van der Waals surface area contributed by atoms with E-state index in [-0.39, 0.29) is 5.78 Å². The van der Waals surface area contributed by atoms with Crippen LogP contribution in [0.4, 0.5) is 17.1 Å². The third kappa shape index (κ3) is 3.40. The standard InChI is InChI=1S/C43H26N2O/c46-43-34-18-9-11-27-21-22-28-25-39(33-17-10-19-35(43)42(33)41(28)40(27)34)44(29-12-3-1-4-13-29)31-23-24-38-36(26-31)32-16-7-8-20-37(32)45(38)30-14-5-2-6-15-30/h1-26H. The molecule has 1 aliphatic carbocycles. The molecule has 10 rings (SSSR count). The highest BCUT2D eigenvalue weighted by atomic mass is 16.1. The van der Waals surface area contributed by atoms with E-state index in [1.54, 1.807) is 0 Å². The van der Waals surface area contributed by atoms with Crippen LogP contribution in [0.2, 0.25) is 0 Å². The smallest absolute Gasteiger partial charge is 0.194 e. The summed E-state index contributed by atoms with van der Waals surface area (Å²) >= 11 is 0. The molecule has 46 heavy (non-hydrogen) atoms. The Morgan fingerprint density at radius 1 is 0.435 bits per heavy atom. The maximum absolute atomic E-state index is 14.0. The van der Waals surface area contributed by atoms with Gasteiger partial charge in [0, 0.05) is 55.1 Å². The number of carbonyl (C=O) groups excluding carboxylic acids is 1. The minimum absolute atomic E-state index is 0.0924. The van der Waals surface area contributed by atoms with Gasteiger partial charge >= 0.3 is 0 Å². The monoisotopic (exact) mass is 586 g/mol. The second-order valence-electron chi connectivity index (χ2n) is 12.1. The first kappa shape index (κ1) is 25.2. The SMILES string of the molecule is O=C1c2cccc3ccc4cc(N(c5ccccc5)c5ccc6c(c5)c5ccccc5n6-c5ccccc5)c5cccc1c5c4c23. The van der Waals surface area contributed by atoms with E-state index in [4.69, 9.17) is 0 Å². The molecule has 0 bridgehead atoms. The Kier molecular flexibility index (Phi) is 5.15. The Hall–Kier alpha value is -6.19. The van der Waals surface area contributed by atoms with Crippen molar-refractivity contribution in [1.29, 1.82) is 0 Å². The molecule has 3 nitrogen and oxygen atoms in total. The first-order valence-corrected chi connectivity index (χ1v) is 15.7. The number of carbonyl (C=O) groups is 1. The van der Waals surface area contributed by atoms with Crippen molar-refractivity contribution < 1.29 is 4.79 Å². The minimum Gasteiger partial charge on any atom is -0.310 e. The Morgan fingerprint density at radius 3 is 1.96 bits per heavy atom. The van der Waals surface area contributed by atoms with E-state index < -0.39 is 0 Å². The van der Waals surface area contributed by atoms with Gasteiger partial charge in [0.15, 0.2) is 5.78 Å². The van der Waals surface area contributed by atoms with Gasteiger partial charge in [-0.25, -0.2) is 0 Å². The van der Waals surface area contributed by atoms with Crippen molar-refractivity contribution in [3.63, 3.8) is 0 Å². The number of para-hydroxylation sites is 3. The van der Waals surface area contributed by atoms with Crippen LogP contribution in [0.15, 0.2) is 158 Å². The number of hydrogen-bond donors (Lipinski definition) is 0. The predicted octanol–water partition coefficient (Wildman–Crippen LogP) is 11.3. The van der Waals surface area contributed by atoms with Gasteiger partial charge in [-0.15, -0.1) is 0 Å². The zero-order valence-corrected chi connectivity index (χ0v) is 24.8. The summed E-state index contributed by atoms with van der Waals surface area (Å²) < 4.78 is 2.35. The average molecular weight is 587 g/mol. The zero-order valence-electron chi connectivity index (χ0n) is 24.8. The predicted molar refractivity (Wildman–Crippen MR) is 191 cm³/mol. The quantitative estimate of drug-likeness (QED) is 0.192. The van der Waals surface area contributed by atoms with Gasteiger partial charge < -0.3 is 9.47 Å². The molecule has 0 spiro atoms. The highest BCUT2D eigenvalue weighted by Crippen LogP contribution is 2.48. The van der Waals surface area contributed by atoms with E-state index in [1.807, 2.05) is 24.3 Å². The third-order valence-corrected chi connectivity index (χ3v) is 9.63. The van der Waals surface area contributed by atoms with Gasteiger partial charge in [0.05, 0.1) is 16.7 Å². The Balaban J connectivity index is 1.30. The van der Waals surface area contributed by atoms with Gasteiger partial charge in [-0.1, -0.05) is 103 Å².